The summed E-state index contributed by atoms with van der Waals surface area (Å²) in [5.74, 6) is 1.87. The molecule has 0 bridgehead atoms. The molecule has 2 rings (SSSR count). The Morgan fingerprint density at radius 1 is 1.19 bits per heavy atom. The zero-order valence-electron chi connectivity index (χ0n) is 12.0. The average Bonchev–Trinajstić information content (AvgIpc) is 2.48. The maximum absolute atomic E-state index is 11.9. The van der Waals surface area contributed by atoms with E-state index in [0.717, 1.165) is 29.9 Å². The van der Waals surface area contributed by atoms with E-state index >= 15 is 0 Å². The van der Waals surface area contributed by atoms with Crippen molar-refractivity contribution < 1.29 is 4.79 Å². The quantitative estimate of drug-likeness (QED) is 0.729. The summed E-state index contributed by atoms with van der Waals surface area (Å²) in [4.78, 5) is 11.9. The minimum atomic E-state index is 0.184. The van der Waals surface area contributed by atoms with Crippen LogP contribution in [0.5, 0.6) is 0 Å². The highest BCUT2D eigenvalue weighted by atomic mass is 35.5. The Bertz CT molecular complexity index is 475. The molecule has 5 heteroatoms. The molecule has 2 nitrogen and oxygen atoms in total. The number of carbonyl (C=O) groups is 1. The van der Waals surface area contributed by atoms with Crippen LogP contribution in [0.15, 0.2) is 18.2 Å². The van der Waals surface area contributed by atoms with Crippen LogP contribution in [-0.4, -0.2) is 17.7 Å². The Kier molecular flexibility index (Phi) is 7.21. The van der Waals surface area contributed by atoms with Gasteiger partial charge in [0.1, 0.15) is 0 Å². The van der Waals surface area contributed by atoms with Crippen molar-refractivity contribution in [2.45, 2.75) is 50.3 Å². The van der Waals surface area contributed by atoms with Gasteiger partial charge in [0.2, 0.25) is 5.91 Å². The highest BCUT2D eigenvalue weighted by Gasteiger charge is 2.15. The van der Waals surface area contributed by atoms with Crippen LogP contribution in [0.4, 0.5) is 0 Å². The third-order valence-corrected chi connectivity index (χ3v) is 5.47. The van der Waals surface area contributed by atoms with Crippen molar-refractivity contribution in [3.05, 3.63) is 33.8 Å². The monoisotopic (exact) mass is 345 g/mol. The molecule has 1 N–H and O–H groups in total. The molecule has 0 atom stereocenters. The molecule has 1 aliphatic rings. The second-order valence-electron chi connectivity index (χ2n) is 5.45. The highest BCUT2D eigenvalue weighted by molar-refractivity contribution is 7.98. The van der Waals surface area contributed by atoms with Gasteiger partial charge in [-0.3, -0.25) is 4.79 Å². The van der Waals surface area contributed by atoms with Gasteiger partial charge < -0.3 is 5.32 Å². The number of hydrogen-bond donors (Lipinski definition) is 1. The minimum absolute atomic E-state index is 0.184. The first-order chi connectivity index (χ1) is 10.1. The lowest BCUT2D eigenvalue weighted by molar-refractivity contribution is -0.121. The van der Waals surface area contributed by atoms with Crippen LogP contribution in [-0.2, 0) is 10.5 Å². The number of amides is 1. The normalized spacial score (nSPS) is 15.9. The molecule has 1 aliphatic carbocycles. The molecular weight excluding hydrogens is 325 g/mol. The number of benzene rings is 1. The number of rotatable bonds is 6. The van der Waals surface area contributed by atoms with Crippen molar-refractivity contribution in [3.63, 3.8) is 0 Å². The van der Waals surface area contributed by atoms with Gasteiger partial charge in [-0.05, 0) is 30.5 Å². The van der Waals surface area contributed by atoms with Gasteiger partial charge in [0.05, 0.1) is 10.0 Å². The molecule has 1 aromatic carbocycles. The molecule has 1 aromatic rings. The molecule has 0 saturated heterocycles. The summed E-state index contributed by atoms with van der Waals surface area (Å²) in [5, 5.41) is 4.31. The first kappa shape index (κ1) is 17.0. The van der Waals surface area contributed by atoms with Crippen molar-refractivity contribution in [2.75, 3.05) is 5.75 Å². The van der Waals surface area contributed by atoms with Crippen LogP contribution < -0.4 is 5.32 Å². The minimum Gasteiger partial charge on any atom is -0.353 e. The van der Waals surface area contributed by atoms with Gasteiger partial charge in [0.15, 0.2) is 0 Å². The Morgan fingerprint density at radius 2 is 1.95 bits per heavy atom. The number of nitrogens with one attached hydrogen (secondary N) is 1. The van der Waals surface area contributed by atoms with Crippen molar-refractivity contribution in [2.24, 2.45) is 0 Å². The fourth-order valence-corrected chi connectivity index (χ4v) is 3.74. The molecule has 0 radical (unpaired) electrons. The smallest absolute Gasteiger partial charge is 0.221 e. The fraction of sp³-hybridized carbons (Fsp3) is 0.562. The summed E-state index contributed by atoms with van der Waals surface area (Å²) in [5.41, 5.74) is 1.14. The topological polar surface area (TPSA) is 29.1 Å². The van der Waals surface area contributed by atoms with Gasteiger partial charge in [0, 0.05) is 24.0 Å². The Labute approximate surface area is 141 Å². The molecule has 0 unspecified atom stereocenters. The van der Waals surface area contributed by atoms with Crippen LogP contribution in [0.25, 0.3) is 0 Å². The molecule has 116 valence electrons. The highest BCUT2D eigenvalue weighted by Crippen LogP contribution is 2.24. The van der Waals surface area contributed by atoms with Crippen LogP contribution in [0.2, 0.25) is 10.0 Å². The third-order valence-electron chi connectivity index (χ3n) is 3.70. The molecule has 0 aliphatic heterocycles. The Hall–Kier alpha value is -0.380. The fourth-order valence-electron chi connectivity index (χ4n) is 2.53. The molecule has 1 saturated carbocycles. The lowest BCUT2D eigenvalue weighted by Gasteiger charge is -2.22. The van der Waals surface area contributed by atoms with Crippen LogP contribution in [0, 0.1) is 0 Å². The lowest BCUT2D eigenvalue weighted by atomic mass is 9.95. The predicted octanol–water partition coefficient (Wildman–Crippen LogP) is 5.07. The zero-order chi connectivity index (χ0) is 15.1. The van der Waals surface area contributed by atoms with E-state index in [9.17, 15) is 4.79 Å². The zero-order valence-corrected chi connectivity index (χ0v) is 14.4. The van der Waals surface area contributed by atoms with Crippen molar-refractivity contribution in [3.8, 4) is 0 Å². The van der Waals surface area contributed by atoms with E-state index in [0.29, 0.717) is 22.5 Å². The largest absolute Gasteiger partial charge is 0.353 e. The summed E-state index contributed by atoms with van der Waals surface area (Å²) >= 11 is 13.6. The van der Waals surface area contributed by atoms with E-state index in [1.165, 1.54) is 19.3 Å². The molecule has 0 spiro atoms. The van der Waals surface area contributed by atoms with Gasteiger partial charge in [-0.15, -0.1) is 0 Å². The number of halogens is 2. The van der Waals surface area contributed by atoms with Gasteiger partial charge in [-0.25, -0.2) is 0 Å². The Balaban J connectivity index is 1.62. The maximum Gasteiger partial charge on any atom is 0.221 e. The number of hydrogen-bond acceptors (Lipinski definition) is 2. The van der Waals surface area contributed by atoms with Crippen LogP contribution in [0.1, 0.15) is 44.1 Å². The van der Waals surface area contributed by atoms with E-state index in [1.807, 2.05) is 18.2 Å². The first-order valence-corrected chi connectivity index (χ1v) is 9.37. The second kappa shape index (κ2) is 8.92. The maximum atomic E-state index is 11.9. The summed E-state index contributed by atoms with van der Waals surface area (Å²) in [6, 6.07) is 6.09. The van der Waals surface area contributed by atoms with Crippen LogP contribution >= 0.6 is 35.0 Å². The SMILES string of the molecule is O=C(CCSCc1ccc(Cl)c(Cl)c1)NC1CCCCC1. The van der Waals surface area contributed by atoms with Gasteiger partial charge in [-0.1, -0.05) is 48.5 Å². The van der Waals surface area contributed by atoms with Crippen molar-refractivity contribution >= 4 is 40.9 Å². The molecular formula is C16H21Cl2NOS. The average molecular weight is 346 g/mol. The summed E-state index contributed by atoms with van der Waals surface area (Å²) in [6.45, 7) is 0. The third kappa shape index (κ3) is 6.09. The van der Waals surface area contributed by atoms with E-state index in [1.54, 1.807) is 11.8 Å². The van der Waals surface area contributed by atoms with Gasteiger partial charge >= 0.3 is 0 Å². The molecule has 0 heterocycles. The second-order valence-corrected chi connectivity index (χ2v) is 7.37. The van der Waals surface area contributed by atoms with E-state index in [-0.39, 0.29) is 5.91 Å². The first-order valence-electron chi connectivity index (χ1n) is 7.46. The predicted molar refractivity (Wildman–Crippen MR) is 92.3 cm³/mol. The molecule has 1 amide bonds. The van der Waals surface area contributed by atoms with E-state index in [2.05, 4.69) is 5.32 Å². The summed E-state index contributed by atoms with van der Waals surface area (Å²) in [7, 11) is 0. The van der Waals surface area contributed by atoms with Crippen molar-refractivity contribution in [1.82, 2.24) is 5.32 Å². The number of thioether (sulfide) groups is 1. The van der Waals surface area contributed by atoms with E-state index in [4.69, 9.17) is 23.2 Å². The van der Waals surface area contributed by atoms with Gasteiger partial charge in [0.25, 0.3) is 0 Å². The molecule has 1 fully saturated rings. The van der Waals surface area contributed by atoms with Crippen LogP contribution in [0.3, 0.4) is 0 Å². The Morgan fingerprint density at radius 3 is 2.67 bits per heavy atom. The summed E-state index contributed by atoms with van der Waals surface area (Å²) < 4.78 is 0. The van der Waals surface area contributed by atoms with Crippen molar-refractivity contribution in [1.29, 1.82) is 0 Å². The standard InChI is InChI=1S/C16H21Cl2NOS/c17-14-7-6-12(10-15(14)18)11-21-9-8-16(20)19-13-4-2-1-3-5-13/h6-7,10,13H,1-5,8-9,11H2,(H,19,20). The molecule has 0 aromatic heterocycles. The van der Waals surface area contributed by atoms with Gasteiger partial charge in [-0.2, -0.15) is 11.8 Å². The lowest BCUT2D eigenvalue weighted by Crippen LogP contribution is -2.36. The molecule has 21 heavy (non-hydrogen) atoms. The number of carbonyl (C=O) groups excluding carboxylic acids is 1. The van der Waals surface area contributed by atoms with E-state index < -0.39 is 0 Å². The summed E-state index contributed by atoms with van der Waals surface area (Å²) in [6.07, 6.45) is 6.67.